The fraction of sp³-hybridized carbons (Fsp3) is 0.625. The predicted molar refractivity (Wildman–Crippen MR) is 80.4 cm³/mol. The van der Waals surface area contributed by atoms with Crippen molar-refractivity contribution in [3.8, 4) is 0 Å². The van der Waals surface area contributed by atoms with Crippen molar-refractivity contribution in [3.63, 3.8) is 0 Å². The SMILES string of the molecule is C[C@@H](CO)[C@@H](O)C1(Sc2ccccc2)CCCCC1. The van der Waals surface area contributed by atoms with Crippen molar-refractivity contribution in [2.75, 3.05) is 6.61 Å². The summed E-state index contributed by atoms with van der Waals surface area (Å²) in [4.78, 5) is 1.22. The standard InChI is InChI=1S/C16H24O2S/c1-13(12-17)15(18)16(10-6-3-7-11-16)19-14-8-4-2-5-9-14/h2,4-5,8-9,13,15,17-18H,3,6-7,10-12H2,1H3/t13-,15+/m0/s1. The van der Waals surface area contributed by atoms with Crippen molar-refractivity contribution in [2.45, 2.75) is 54.8 Å². The van der Waals surface area contributed by atoms with Crippen LogP contribution >= 0.6 is 11.8 Å². The van der Waals surface area contributed by atoms with Crippen LogP contribution in [0.4, 0.5) is 0 Å². The molecule has 106 valence electrons. The van der Waals surface area contributed by atoms with Crippen LogP contribution in [0.1, 0.15) is 39.0 Å². The average Bonchev–Trinajstić information content (AvgIpc) is 2.47. The maximum Gasteiger partial charge on any atom is 0.0737 e. The highest BCUT2D eigenvalue weighted by atomic mass is 32.2. The van der Waals surface area contributed by atoms with Gasteiger partial charge in [0.1, 0.15) is 0 Å². The van der Waals surface area contributed by atoms with Crippen LogP contribution in [-0.4, -0.2) is 27.7 Å². The normalized spacial score (nSPS) is 21.8. The first-order valence-corrected chi connectivity index (χ1v) is 8.02. The Morgan fingerprint density at radius 3 is 2.37 bits per heavy atom. The molecule has 0 amide bonds. The molecule has 1 saturated carbocycles. The average molecular weight is 280 g/mol. The summed E-state index contributed by atoms with van der Waals surface area (Å²) in [5, 5.41) is 20.0. The summed E-state index contributed by atoms with van der Waals surface area (Å²) < 4.78 is -0.123. The molecule has 0 aliphatic heterocycles. The minimum Gasteiger partial charge on any atom is -0.396 e. The first-order valence-electron chi connectivity index (χ1n) is 7.21. The lowest BCUT2D eigenvalue weighted by atomic mass is 9.80. The first kappa shape index (κ1) is 14.9. The van der Waals surface area contributed by atoms with Gasteiger partial charge in [-0.25, -0.2) is 0 Å². The topological polar surface area (TPSA) is 40.5 Å². The van der Waals surface area contributed by atoms with E-state index in [0.717, 1.165) is 12.8 Å². The number of hydrogen-bond acceptors (Lipinski definition) is 3. The van der Waals surface area contributed by atoms with Crippen LogP contribution in [0.15, 0.2) is 35.2 Å². The predicted octanol–water partition coefficient (Wildman–Crippen LogP) is 3.47. The van der Waals surface area contributed by atoms with Gasteiger partial charge in [0.2, 0.25) is 0 Å². The van der Waals surface area contributed by atoms with E-state index in [1.807, 2.05) is 25.1 Å². The largest absolute Gasteiger partial charge is 0.396 e. The van der Waals surface area contributed by atoms with Gasteiger partial charge in [0.25, 0.3) is 0 Å². The molecule has 1 aromatic carbocycles. The van der Waals surface area contributed by atoms with Crippen molar-refractivity contribution >= 4 is 11.8 Å². The molecule has 3 heteroatoms. The summed E-state index contributed by atoms with van der Waals surface area (Å²) in [5.41, 5.74) is 0. The van der Waals surface area contributed by atoms with Gasteiger partial charge in [-0.1, -0.05) is 44.4 Å². The van der Waals surface area contributed by atoms with Gasteiger partial charge in [0, 0.05) is 22.2 Å². The Bertz CT molecular complexity index is 374. The van der Waals surface area contributed by atoms with Crippen LogP contribution in [0.5, 0.6) is 0 Å². The quantitative estimate of drug-likeness (QED) is 0.867. The minimum atomic E-state index is -0.442. The van der Waals surface area contributed by atoms with E-state index in [9.17, 15) is 10.2 Å². The molecule has 0 saturated heterocycles. The van der Waals surface area contributed by atoms with Crippen LogP contribution in [0, 0.1) is 5.92 Å². The first-order chi connectivity index (χ1) is 9.18. The van der Waals surface area contributed by atoms with Crippen molar-refractivity contribution in [1.29, 1.82) is 0 Å². The van der Waals surface area contributed by atoms with Crippen LogP contribution in [0.2, 0.25) is 0 Å². The molecule has 1 aliphatic rings. The highest BCUT2D eigenvalue weighted by Crippen LogP contribution is 2.47. The van der Waals surface area contributed by atoms with Crippen LogP contribution in [-0.2, 0) is 0 Å². The monoisotopic (exact) mass is 280 g/mol. The lowest BCUT2D eigenvalue weighted by Gasteiger charge is -2.42. The molecule has 19 heavy (non-hydrogen) atoms. The second-order valence-electron chi connectivity index (χ2n) is 5.65. The van der Waals surface area contributed by atoms with Crippen molar-refractivity contribution in [1.82, 2.24) is 0 Å². The van der Waals surface area contributed by atoms with Gasteiger partial charge in [-0.15, -0.1) is 11.8 Å². The summed E-state index contributed by atoms with van der Waals surface area (Å²) in [6, 6.07) is 10.3. The third kappa shape index (κ3) is 3.53. The van der Waals surface area contributed by atoms with Crippen molar-refractivity contribution in [2.24, 2.45) is 5.92 Å². The molecule has 1 aliphatic carbocycles. The van der Waals surface area contributed by atoms with E-state index >= 15 is 0 Å². The molecule has 0 heterocycles. The fourth-order valence-electron chi connectivity index (χ4n) is 2.95. The smallest absolute Gasteiger partial charge is 0.0737 e. The third-order valence-corrected chi connectivity index (χ3v) is 5.69. The number of benzene rings is 1. The maximum atomic E-state index is 10.7. The minimum absolute atomic E-state index is 0.0538. The number of aliphatic hydroxyl groups is 2. The Labute approximate surface area is 120 Å². The molecule has 0 spiro atoms. The summed E-state index contributed by atoms with van der Waals surface area (Å²) in [7, 11) is 0. The van der Waals surface area contributed by atoms with E-state index in [-0.39, 0.29) is 17.3 Å². The van der Waals surface area contributed by atoms with Crippen molar-refractivity contribution < 1.29 is 10.2 Å². The molecule has 0 radical (unpaired) electrons. The highest BCUT2D eigenvalue weighted by molar-refractivity contribution is 8.00. The van der Waals surface area contributed by atoms with Crippen molar-refractivity contribution in [3.05, 3.63) is 30.3 Å². The Balaban J connectivity index is 2.19. The van der Waals surface area contributed by atoms with E-state index in [1.165, 1.54) is 24.2 Å². The Hall–Kier alpha value is -0.510. The molecule has 0 aromatic heterocycles. The molecular weight excluding hydrogens is 256 g/mol. The van der Waals surface area contributed by atoms with E-state index in [0.29, 0.717) is 0 Å². The molecule has 2 atom stereocenters. The van der Waals surface area contributed by atoms with Gasteiger partial charge < -0.3 is 10.2 Å². The summed E-state index contributed by atoms with van der Waals surface area (Å²) in [6.07, 6.45) is 5.25. The summed E-state index contributed by atoms with van der Waals surface area (Å²) in [6.45, 7) is 1.99. The molecule has 2 rings (SSSR count). The van der Waals surface area contributed by atoms with Gasteiger partial charge in [0.15, 0.2) is 0 Å². The number of aliphatic hydroxyl groups excluding tert-OH is 2. The molecular formula is C16H24O2S. The van der Waals surface area contributed by atoms with Gasteiger partial charge in [-0.05, 0) is 25.0 Å². The molecule has 0 bridgehead atoms. The van der Waals surface area contributed by atoms with E-state index in [2.05, 4.69) is 12.1 Å². The van der Waals surface area contributed by atoms with Crippen LogP contribution in [0.3, 0.4) is 0 Å². The Kier molecular flexibility index (Phi) is 5.31. The Morgan fingerprint density at radius 2 is 1.79 bits per heavy atom. The maximum absolute atomic E-state index is 10.7. The second kappa shape index (κ2) is 6.78. The zero-order valence-corrected chi connectivity index (χ0v) is 12.4. The fourth-order valence-corrected chi connectivity index (χ4v) is 4.56. The van der Waals surface area contributed by atoms with Crippen LogP contribution < -0.4 is 0 Å². The van der Waals surface area contributed by atoms with Gasteiger partial charge in [-0.2, -0.15) is 0 Å². The highest BCUT2D eigenvalue weighted by Gasteiger charge is 2.42. The molecule has 1 aromatic rings. The Morgan fingerprint density at radius 1 is 1.16 bits per heavy atom. The molecule has 2 N–H and O–H groups in total. The lowest BCUT2D eigenvalue weighted by molar-refractivity contribution is 0.0333. The number of thioether (sulfide) groups is 1. The molecule has 0 unspecified atom stereocenters. The van der Waals surface area contributed by atoms with E-state index in [4.69, 9.17) is 0 Å². The molecule has 1 fully saturated rings. The lowest BCUT2D eigenvalue weighted by Crippen LogP contribution is -2.45. The van der Waals surface area contributed by atoms with E-state index < -0.39 is 6.10 Å². The zero-order chi connectivity index (χ0) is 13.7. The van der Waals surface area contributed by atoms with Gasteiger partial charge in [-0.3, -0.25) is 0 Å². The van der Waals surface area contributed by atoms with Gasteiger partial charge >= 0.3 is 0 Å². The second-order valence-corrected chi connectivity index (χ2v) is 7.13. The summed E-state index contributed by atoms with van der Waals surface area (Å²) >= 11 is 1.80. The summed E-state index contributed by atoms with van der Waals surface area (Å²) in [5.74, 6) is -0.0608. The third-order valence-electron chi connectivity index (χ3n) is 4.13. The van der Waals surface area contributed by atoms with Gasteiger partial charge in [0.05, 0.1) is 6.10 Å². The van der Waals surface area contributed by atoms with Crippen LogP contribution in [0.25, 0.3) is 0 Å². The van der Waals surface area contributed by atoms with E-state index in [1.54, 1.807) is 11.8 Å². The zero-order valence-electron chi connectivity index (χ0n) is 11.6. The number of hydrogen-bond donors (Lipinski definition) is 2. The number of rotatable bonds is 5. The molecule has 2 nitrogen and oxygen atoms in total.